The molecule has 7 heteroatoms. The Morgan fingerprint density at radius 2 is 2.10 bits per heavy atom. The molecular weight excluding hydrogens is 285 g/mol. The number of halogens is 3. The average Bonchev–Trinajstić information content (AvgIpc) is 2.84. The zero-order valence-electron chi connectivity index (χ0n) is 11.8. The summed E-state index contributed by atoms with van der Waals surface area (Å²) in [7, 11) is 0. The summed E-state index contributed by atoms with van der Waals surface area (Å²) in [5.41, 5.74) is -1.90. The molecule has 1 atom stereocenters. The standard InChI is InChI=1S/C14H17F3N2O2/c1-9(2)13(12(20)21)6-7-19(8-13)11-5-3-4-10(18-11)14(15,16)17/h3-5,9H,6-8H2,1-2H3,(H,20,21). The van der Waals surface area contributed by atoms with Crippen molar-refractivity contribution in [2.45, 2.75) is 26.4 Å². The molecule has 21 heavy (non-hydrogen) atoms. The van der Waals surface area contributed by atoms with Gasteiger partial charge in [-0.25, -0.2) is 4.98 Å². The third-order valence-corrected chi connectivity index (χ3v) is 4.18. The van der Waals surface area contributed by atoms with Crippen LogP contribution in [0.1, 0.15) is 26.0 Å². The predicted molar refractivity (Wildman–Crippen MR) is 71.0 cm³/mol. The Labute approximate surface area is 120 Å². The Hall–Kier alpha value is -1.79. The number of alkyl halides is 3. The highest BCUT2D eigenvalue weighted by Crippen LogP contribution is 2.40. The van der Waals surface area contributed by atoms with E-state index in [9.17, 15) is 23.1 Å². The van der Waals surface area contributed by atoms with Crippen molar-refractivity contribution in [1.29, 1.82) is 0 Å². The van der Waals surface area contributed by atoms with Crippen LogP contribution in [0.3, 0.4) is 0 Å². The van der Waals surface area contributed by atoms with Crippen molar-refractivity contribution >= 4 is 11.8 Å². The average molecular weight is 302 g/mol. The highest BCUT2D eigenvalue weighted by molar-refractivity contribution is 5.77. The Balaban J connectivity index is 2.28. The second kappa shape index (κ2) is 5.20. The second-order valence-corrected chi connectivity index (χ2v) is 5.67. The quantitative estimate of drug-likeness (QED) is 0.932. The van der Waals surface area contributed by atoms with E-state index < -0.39 is 23.3 Å². The van der Waals surface area contributed by atoms with Crippen LogP contribution in [0.25, 0.3) is 0 Å². The Kier molecular flexibility index (Phi) is 3.86. The van der Waals surface area contributed by atoms with E-state index in [2.05, 4.69) is 4.98 Å². The summed E-state index contributed by atoms with van der Waals surface area (Å²) in [5, 5.41) is 9.46. The van der Waals surface area contributed by atoms with Crippen LogP contribution in [0.15, 0.2) is 18.2 Å². The molecule has 0 amide bonds. The van der Waals surface area contributed by atoms with Crippen LogP contribution in [0.4, 0.5) is 19.0 Å². The van der Waals surface area contributed by atoms with Gasteiger partial charge in [0, 0.05) is 13.1 Å². The normalized spacial score (nSPS) is 22.9. The number of carboxylic acid groups (broad SMARTS) is 1. The van der Waals surface area contributed by atoms with Gasteiger partial charge in [-0.3, -0.25) is 4.79 Å². The van der Waals surface area contributed by atoms with Crippen LogP contribution in [0.5, 0.6) is 0 Å². The molecule has 1 aliphatic rings. The molecule has 2 heterocycles. The van der Waals surface area contributed by atoms with E-state index >= 15 is 0 Å². The first-order valence-electron chi connectivity index (χ1n) is 6.69. The maximum Gasteiger partial charge on any atom is 0.433 e. The number of aromatic nitrogens is 1. The van der Waals surface area contributed by atoms with Gasteiger partial charge in [0.05, 0.1) is 5.41 Å². The highest BCUT2D eigenvalue weighted by Gasteiger charge is 2.47. The Bertz CT molecular complexity index is 545. The molecule has 1 aromatic rings. The van der Waals surface area contributed by atoms with Crippen molar-refractivity contribution in [2.75, 3.05) is 18.0 Å². The minimum Gasteiger partial charge on any atom is -0.481 e. The number of anilines is 1. The van der Waals surface area contributed by atoms with Crippen LogP contribution in [0, 0.1) is 11.3 Å². The number of hydrogen-bond donors (Lipinski definition) is 1. The summed E-state index contributed by atoms with van der Waals surface area (Å²) in [5.74, 6) is -0.841. The number of aliphatic carboxylic acids is 1. The largest absolute Gasteiger partial charge is 0.481 e. The molecule has 116 valence electrons. The third-order valence-electron chi connectivity index (χ3n) is 4.18. The number of pyridine rings is 1. The van der Waals surface area contributed by atoms with Crippen molar-refractivity contribution in [2.24, 2.45) is 11.3 Å². The molecule has 1 fully saturated rings. The van der Waals surface area contributed by atoms with Gasteiger partial charge in [-0.05, 0) is 24.5 Å². The lowest BCUT2D eigenvalue weighted by Crippen LogP contribution is -2.39. The molecule has 1 aromatic heterocycles. The van der Waals surface area contributed by atoms with Gasteiger partial charge in [-0.2, -0.15) is 13.2 Å². The fourth-order valence-electron chi connectivity index (χ4n) is 2.68. The lowest BCUT2D eigenvalue weighted by atomic mass is 9.76. The van der Waals surface area contributed by atoms with Crippen LogP contribution in [-0.2, 0) is 11.0 Å². The van der Waals surface area contributed by atoms with Crippen LogP contribution in [0.2, 0.25) is 0 Å². The first kappa shape index (κ1) is 15.6. The van der Waals surface area contributed by atoms with Gasteiger partial charge in [-0.1, -0.05) is 19.9 Å². The number of nitrogens with zero attached hydrogens (tertiary/aromatic N) is 2. The maximum absolute atomic E-state index is 12.7. The zero-order chi connectivity index (χ0) is 15.8. The van der Waals surface area contributed by atoms with E-state index in [0.717, 1.165) is 6.07 Å². The Morgan fingerprint density at radius 3 is 2.57 bits per heavy atom. The van der Waals surface area contributed by atoms with Crippen LogP contribution >= 0.6 is 0 Å². The van der Waals surface area contributed by atoms with Crippen molar-refractivity contribution in [1.82, 2.24) is 4.98 Å². The van der Waals surface area contributed by atoms with Gasteiger partial charge < -0.3 is 10.0 Å². The molecule has 0 aliphatic carbocycles. The van der Waals surface area contributed by atoms with Gasteiger partial charge in [-0.15, -0.1) is 0 Å². The van der Waals surface area contributed by atoms with E-state index in [0.29, 0.717) is 13.0 Å². The van der Waals surface area contributed by atoms with Crippen LogP contribution in [-0.4, -0.2) is 29.1 Å². The summed E-state index contributed by atoms with van der Waals surface area (Å²) in [6.07, 6.45) is -4.10. The molecule has 2 rings (SSSR count). The smallest absolute Gasteiger partial charge is 0.433 e. The lowest BCUT2D eigenvalue weighted by Gasteiger charge is -2.29. The number of hydrogen-bond acceptors (Lipinski definition) is 3. The monoisotopic (exact) mass is 302 g/mol. The molecule has 0 spiro atoms. The van der Waals surface area contributed by atoms with Gasteiger partial charge in [0.25, 0.3) is 0 Å². The number of carboxylic acids is 1. The summed E-state index contributed by atoms with van der Waals surface area (Å²) in [4.78, 5) is 16.8. The zero-order valence-corrected chi connectivity index (χ0v) is 11.8. The summed E-state index contributed by atoms with van der Waals surface area (Å²) >= 11 is 0. The third kappa shape index (κ3) is 2.82. The molecule has 0 bridgehead atoms. The summed E-state index contributed by atoms with van der Waals surface area (Å²) < 4.78 is 38.1. The first-order valence-corrected chi connectivity index (χ1v) is 6.69. The topological polar surface area (TPSA) is 53.4 Å². The molecule has 1 saturated heterocycles. The first-order chi connectivity index (χ1) is 9.67. The van der Waals surface area contributed by atoms with Gasteiger partial charge in [0.1, 0.15) is 11.5 Å². The molecule has 1 N–H and O–H groups in total. The van der Waals surface area contributed by atoms with E-state index in [4.69, 9.17) is 0 Å². The molecule has 4 nitrogen and oxygen atoms in total. The van der Waals surface area contributed by atoms with E-state index in [1.807, 2.05) is 13.8 Å². The van der Waals surface area contributed by atoms with Gasteiger partial charge in [0.2, 0.25) is 0 Å². The highest BCUT2D eigenvalue weighted by atomic mass is 19.4. The molecule has 1 aliphatic heterocycles. The van der Waals surface area contributed by atoms with Crippen molar-refractivity contribution < 1.29 is 23.1 Å². The van der Waals surface area contributed by atoms with Crippen molar-refractivity contribution in [3.63, 3.8) is 0 Å². The number of carbonyl (C=O) groups is 1. The lowest BCUT2D eigenvalue weighted by molar-refractivity contribution is -0.150. The molecule has 1 unspecified atom stereocenters. The van der Waals surface area contributed by atoms with Crippen molar-refractivity contribution in [3.05, 3.63) is 23.9 Å². The van der Waals surface area contributed by atoms with E-state index in [1.165, 1.54) is 12.1 Å². The second-order valence-electron chi connectivity index (χ2n) is 5.67. The molecule has 0 saturated carbocycles. The van der Waals surface area contributed by atoms with Crippen molar-refractivity contribution in [3.8, 4) is 0 Å². The maximum atomic E-state index is 12.7. The fraction of sp³-hybridized carbons (Fsp3) is 0.571. The SMILES string of the molecule is CC(C)C1(C(=O)O)CCN(c2cccc(C(F)(F)F)n2)C1. The number of rotatable bonds is 3. The Morgan fingerprint density at radius 1 is 1.43 bits per heavy atom. The van der Waals surface area contributed by atoms with Crippen LogP contribution < -0.4 is 4.90 Å². The summed E-state index contributed by atoms with van der Waals surface area (Å²) in [6, 6.07) is 3.68. The fourth-order valence-corrected chi connectivity index (χ4v) is 2.68. The minimum atomic E-state index is -4.50. The van der Waals surface area contributed by atoms with E-state index in [-0.39, 0.29) is 18.3 Å². The predicted octanol–water partition coefficient (Wildman–Crippen LogP) is 3.04. The molecular formula is C14H17F3N2O2. The van der Waals surface area contributed by atoms with Gasteiger partial charge >= 0.3 is 12.1 Å². The molecule has 0 aromatic carbocycles. The molecule has 0 radical (unpaired) electrons. The van der Waals surface area contributed by atoms with Gasteiger partial charge in [0.15, 0.2) is 0 Å². The van der Waals surface area contributed by atoms with E-state index in [1.54, 1.807) is 4.90 Å². The summed E-state index contributed by atoms with van der Waals surface area (Å²) in [6.45, 7) is 4.20. The minimum absolute atomic E-state index is 0.106.